The molecule has 0 spiro atoms. The van der Waals surface area contributed by atoms with Crippen molar-refractivity contribution < 1.29 is 4.74 Å². The highest BCUT2D eigenvalue weighted by atomic mass is 16.5. The van der Waals surface area contributed by atoms with Crippen LogP contribution in [-0.4, -0.2) is 17.1 Å². The molecule has 0 aliphatic carbocycles. The predicted octanol–water partition coefficient (Wildman–Crippen LogP) is 1.13. The number of aromatic nitrogens is 2. The molecule has 4 heteroatoms. The Morgan fingerprint density at radius 2 is 2.14 bits per heavy atom. The Labute approximate surface area is 84.5 Å². The van der Waals surface area contributed by atoms with Crippen molar-refractivity contribution in [3.05, 3.63) is 23.3 Å². The quantitative estimate of drug-likeness (QED) is 0.785. The van der Waals surface area contributed by atoms with Crippen molar-refractivity contribution >= 4 is 0 Å². The molecule has 1 heterocycles. The fourth-order valence-electron chi connectivity index (χ4n) is 1.07. The van der Waals surface area contributed by atoms with E-state index in [0.29, 0.717) is 12.4 Å². The Morgan fingerprint density at radius 3 is 2.57 bits per heavy atom. The summed E-state index contributed by atoms with van der Waals surface area (Å²) in [5.41, 5.74) is 6.98. The summed E-state index contributed by atoms with van der Waals surface area (Å²) in [5.74, 6) is 0.690. The summed E-state index contributed by atoms with van der Waals surface area (Å²) >= 11 is 0. The maximum absolute atomic E-state index is 5.53. The fraction of sp³-hybridized carbons (Fsp3) is 0.600. The molecule has 1 aromatic heterocycles. The lowest BCUT2D eigenvalue weighted by atomic mass is 10.1. The number of rotatable bonds is 3. The molecular weight excluding hydrogens is 178 g/mol. The van der Waals surface area contributed by atoms with E-state index < -0.39 is 5.60 Å². The fourth-order valence-corrected chi connectivity index (χ4v) is 1.07. The lowest BCUT2D eigenvalue weighted by molar-refractivity contribution is 0.0113. The summed E-state index contributed by atoms with van der Waals surface area (Å²) in [7, 11) is 1.65. The van der Waals surface area contributed by atoms with Crippen LogP contribution in [0.3, 0.4) is 0 Å². The zero-order chi connectivity index (χ0) is 10.8. The second-order valence-corrected chi connectivity index (χ2v) is 3.72. The molecule has 0 aliphatic rings. The molecule has 0 saturated heterocycles. The van der Waals surface area contributed by atoms with Crippen LogP contribution in [0.25, 0.3) is 0 Å². The van der Waals surface area contributed by atoms with Gasteiger partial charge in [0.05, 0.1) is 0 Å². The van der Waals surface area contributed by atoms with Crippen LogP contribution in [0, 0.1) is 6.92 Å². The molecule has 2 N–H and O–H groups in total. The Balaban J connectivity index is 3.08. The molecule has 0 saturated carbocycles. The Hall–Kier alpha value is -1.00. The first kappa shape index (κ1) is 11.1. The van der Waals surface area contributed by atoms with Crippen molar-refractivity contribution in [1.29, 1.82) is 0 Å². The third kappa shape index (κ3) is 2.08. The number of aryl methyl sites for hydroxylation is 1. The number of hydrogen-bond acceptors (Lipinski definition) is 4. The summed E-state index contributed by atoms with van der Waals surface area (Å²) in [6, 6.07) is 0. The Kier molecular flexibility index (Phi) is 3.18. The molecule has 0 amide bonds. The first-order valence-electron chi connectivity index (χ1n) is 4.59. The number of ether oxygens (including phenoxy) is 1. The van der Waals surface area contributed by atoms with Gasteiger partial charge in [0.25, 0.3) is 0 Å². The van der Waals surface area contributed by atoms with Crippen molar-refractivity contribution in [3.63, 3.8) is 0 Å². The smallest absolute Gasteiger partial charge is 0.159 e. The minimum Gasteiger partial charge on any atom is -0.371 e. The van der Waals surface area contributed by atoms with Crippen LogP contribution >= 0.6 is 0 Å². The van der Waals surface area contributed by atoms with Gasteiger partial charge in [-0.15, -0.1) is 0 Å². The highest BCUT2D eigenvalue weighted by Crippen LogP contribution is 2.20. The first-order chi connectivity index (χ1) is 6.51. The monoisotopic (exact) mass is 195 g/mol. The van der Waals surface area contributed by atoms with Crippen LogP contribution in [0.15, 0.2) is 6.20 Å². The lowest BCUT2D eigenvalue weighted by Gasteiger charge is -2.21. The minimum absolute atomic E-state index is 0.447. The van der Waals surface area contributed by atoms with Crippen LogP contribution in [0.1, 0.15) is 30.9 Å². The maximum atomic E-state index is 5.53. The minimum atomic E-state index is -0.447. The average molecular weight is 195 g/mol. The van der Waals surface area contributed by atoms with Crippen molar-refractivity contribution in [1.82, 2.24) is 9.97 Å². The van der Waals surface area contributed by atoms with Crippen molar-refractivity contribution in [2.24, 2.45) is 5.73 Å². The molecule has 14 heavy (non-hydrogen) atoms. The van der Waals surface area contributed by atoms with Gasteiger partial charge in [0.1, 0.15) is 5.60 Å². The van der Waals surface area contributed by atoms with Crippen LogP contribution in [0.2, 0.25) is 0 Å². The predicted molar refractivity (Wildman–Crippen MR) is 54.7 cm³/mol. The van der Waals surface area contributed by atoms with Gasteiger partial charge in [0.2, 0.25) is 0 Å². The van der Waals surface area contributed by atoms with Gasteiger partial charge in [0.15, 0.2) is 5.82 Å². The SMILES string of the molecule is COC(C)(C)c1ncc(CN)c(C)n1. The third-order valence-corrected chi connectivity index (χ3v) is 2.35. The molecule has 4 nitrogen and oxygen atoms in total. The molecule has 1 aromatic rings. The van der Waals surface area contributed by atoms with Crippen LogP contribution in [0.5, 0.6) is 0 Å². The van der Waals surface area contributed by atoms with Crippen LogP contribution < -0.4 is 5.73 Å². The van der Waals surface area contributed by atoms with Crippen LogP contribution in [-0.2, 0) is 16.9 Å². The lowest BCUT2D eigenvalue weighted by Crippen LogP contribution is -2.23. The summed E-state index contributed by atoms with van der Waals surface area (Å²) in [4.78, 5) is 8.61. The standard InChI is InChI=1S/C10H17N3O/c1-7-8(5-11)6-12-9(13-7)10(2,3)14-4/h6H,5,11H2,1-4H3. The van der Waals surface area contributed by atoms with Gasteiger partial charge in [-0.2, -0.15) is 0 Å². The highest BCUT2D eigenvalue weighted by Gasteiger charge is 2.23. The van der Waals surface area contributed by atoms with E-state index >= 15 is 0 Å². The molecule has 1 rings (SSSR count). The number of methoxy groups -OCH3 is 1. The molecule has 0 bridgehead atoms. The number of nitrogens with zero attached hydrogens (tertiary/aromatic N) is 2. The van der Waals surface area contributed by atoms with E-state index in [2.05, 4.69) is 9.97 Å². The third-order valence-electron chi connectivity index (χ3n) is 2.35. The molecule has 78 valence electrons. The second kappa shape index (κ2) is 4.02. The summed E-state index contributed by atoms with van der Waals surface area (Å²) in [6.45, 7) is 6.27. The molecule has 0 unspecified atom stereocenters. The van der Waals surface area contributed by atoms with Gasteiger partial charge >= 0.3 is 0 Å². The van der Waals surface area contributed by atoms with Crippen molar-refractivity contribution in [2.45, 2.75) is 32.9 Å². The van der Waals surface area contributed by atoms with E-state index in [1.165, 1.54) is 0 Å². The normalized spacial score (nSPS) is 11.8. The summed E-state index contributed by atoms with van der Waals surface area (Å²) in [6.07, 6.45) is 1.76. The van der Waals surface area contributed by atoms with Crippen LogP contribution in [0.4, 0.5) is 0 Å². The van der Waals surface area contributed by atoms with E-state index in [-0.39, 0.29) is 0 Å². The first-order valence-corrected chi connectivity index (χ1v) is 4.59. The van der Waals surface area contributed by atoms with E-state index in [1.54, 1.807) is 13.3 Å². The van der Waals surface area contributed by atoms with E-state index in [4.69, 9.17) is 10.5 Å². The van der Waals surface area contributed by atoms with Gasteiger partial charge in [-0.1, -0.05) is 0 Å². The van der Waals surface area contributed by atoms with Gasteiger partial charge in [-0.25, -0.2) is 9.97 Å². The summed E-state index contributed by atoms with van der Waals surface area (Å²) in [5, 5.41) is 0. The Bertz CT molecular complexity index is 323. The average Bonchev–Trinajstić information content (AvgIpc) is 2.17. The molecule has 0 aliphatic heterocycles. The largest absolute Gasteiger partial charge is 0.371 e. The molecular formula is C10H17N3O. The van der Waals surface area contributed by atoms with Gasteiger partial charge in [0, 0.05) is 31.1 Å². The van der Waals surface area contributed by atoms with Crippen molar-refractivity contribution in [2.75, 3.05) is 7.11 Å². The van der Waals surface area contributed by atoms with Gasteiger partial charge in [-0.05, 0) is 20.8 Å². The van der Waals surface area contributed by atoms with Gasteiger partial charge < -0.3 is 10.5 Å². The van der Waals surface area contributed by atoms with E-state index in [1.807, 2.05) is 20.8 Å². The zero-order valence-corrected chi connectivity index (χ0v) is 9.16. The van der Waals surface area contributed by atoms with Crippen molar-refractivity contribution in [3.8, 4) is 0 Å². The molecule has 0 aromatic carbocycles. The zero-order valence-electron chi connectivity index (χ0n) is 9.16. The Morgan fingerprint density at radius 1 is 1.50 bits per heavy atom. The molecule has 0 radical (unpaired) electrons. The topological polar surface area (TPSA) is 61.0 Å². The number of nitrogens with two attached hydrogens (primary N) is 1. The number of hydrogen-bond donors (Lipinski definition) is 1. The highest BCUT2D eigenvalue weighted by molar-refractivity contribution is 5.17. The summed E-state index contributed by atoms with van der Waals surface area (Å²) < 4.78 is 5.30. The second-order valence-electron chi connectivity index (χ2n) is 3.72. The van der Waals surface area contributed by atoms with E-state index in [0.717, 1.165) is 11.3 Å². The maximum Gasteiger partial charge on any atom is 0.159 e. The molecule has 0 fully saturated rings. The van der Waals surface area contributed by atoms with E-state index in [9.17, 15) is 0 Å². The van der Waals surface area contributed by atoms with Gasteiger partial charge in [-0.3, -0.25) is 0 Å². The molecule has 0 atom stereocenters.